The average Bonchev–Trinajstić information content (AvgIpc) is 3.77. The maximum Gasteiger partial charge on any atom is 0.0736 e. The minimum absolute atomic E-state index is 0.404. The smallest absolute Gasteiger partial charge is 0.0693 e. The molecular formula is C36H48Si3. The molecular weight excluding hydrogens is 517 g/mol. The van der Waals surface area contributed by atoms with Gasteiger partial charge >= 0.3 is 0 Å². The largest absolute Gasteiger partial charge is 0.0736 e. The molecule has 3 aromatic carbocycles. The van der Waals surface area contributed by atoms with Crippen molar-refractivity contribution in [2.24, 2.45) is 17.8 Å². The summed E-state index contributed by atoms with van der Waals surface area (Å²) in [7, 11) is -4.45. The Kier molecular flexibility index (Phi) is 6.30. The number of hydrogen-bond acceptors (Lipinski definition) is 0. The summed E-state index contributed by atoms with van der Waals surface area (Å²) in [5.74, 6) is 3.69. The van der Waals surface area contributed by atoms with E-state index in [0.717, 1.165) is 23.3 Å². The number of benzene rings is 3. The molecule has 2 saturated carbocycles. The topological polar surface area (TPSA) is 0 Å². The van der Waals surface area contributed by atoms with E-state index < -0.39 is 24.2 Å². The fourth-order valence-corrected chi connectivity index (χ4v) is 18.4. The van der Waals surface area contributed by atoms with Crippen molar-refractivity contribution in [3.63, 3.8) is 0 Å². The average molecular weight is 565 g/mol. The molecule has 0 spiro atoms. The lowest BCUT2D eigenvalue weighted by Gasteiger charge is -2.35. The van der Waals surface area contributed by atoms with E-state index in [2.05, 4.69) is 150 Å². The number of hydrogen-bond donors (Lipinski definition) is 0. The van der Waals surface area contributed by atoms with Crippen molar-refractivity contribution in [2.45, 2.75) is 81.3 Å². The first-order valence-corrected chi connectivity index (χ1v) is 25.8. The van der Waals surface area contributed by atoms with Gasteiger partial charge in [-0.3, -0.25) is 0 Å². The van der Waals surface area contributed by atoms with Gasteiger partial charge in [0, 0.05) is 14.0 Å². The molecule has 0 unspecified atom stereocenters. The predicted molar refractivity (Wildman–Crippen MR) is 179 cm³/mol. The van der Waals surface area contributed by atoms with Gasteiger partial charge in [-0.25, -0.2) is 0 Å². The second kappa shape index (κ2) is 9.03. The lowest BCUT2D eigenvalue weighted by atomic mass is 10.0. The summed E-state index contributed by atoms with van der Waals surface area (Å²) < 4.78 is 0. The molecule has 0 N–H and O–H groups in total. The highest BCUT2D eigenvalue weighted by Crippen LogP contribution is 2.92. The third-order valence-corrected chi connectivity index (χ3v) is 19.1. The third-order valence-electron chi connectivity index (χ3n) is 10.6. The minimum Gasteiger partial charge on any atom is -0.0693 e. The van der Waals surface area contributed by atoms with Crippen LogP contribution >= 0.6 is 0 Å². The van der Waals surface area contributed by atoms with Crippen LogP contribution in [0.1, 0.15) is 28.5 Å². The molecule has 3 heteroatoms. The van der Waals surface area contributed by atoms with Crippen molar-refractivity contribution in [3.8, 4) is 0 Å². The Hall–Kier alpha value is -1.95. The van der Waals surface area contributed by atoms with Gasteiger partial charge in [-0.15, -0.1) is 0 Å². The molecule has 6 rings (SSSR count). The van der Waals surface area contributed by atoms with Crippen LogP contribution in [0.25, 0.3) is 5.57 Å². The van der Waals surface area contributed by atoms with E-state index in [1.165, 1.54) is 5.56 Å². The first-order valence-electron chi connectivity index (χ1n) is 15.2. The van der Waals surface area contributed by atoms with E-state index in [4.69, 9.17) is 0 Å². The van der Waals surface area contributed by atoms with Crippen LogP contribution in [-0.2, 0) is 0 Å². The monoisotopic (exact) mass is 564 g/mol. The molecule has 0 radical (unpaired) electrons. The summed E-state index contributed by atoms with van der Waals surface area (Å²) in [6.45, 7) is 23.9. The standard InChI is InChI=1S/C36H48Si3/c1-37(2,3)34-28(25-19-13-10-14-20-25)30(34)32-31(27-23-17-12-18-24-27)36(32,39(7,8)9)33-29(35(33)38(4,5)6)26-21-15-11-16-22-26/h10-24,28,30-34H,1-9H3/t28-,30+,31+,32-,33-,34-,36+/m1/s1. The summed E-state index contributed by atoms with van der Waals surface area (Å²) in [6.07, 6.45) is 0. The first kappa shape index (κ1) is 27.2. The van der Waals surface area contributed by atoms with Crippen LogP contribution in [0.15, 0.2) is 96.2 Å². The van der Waals surface area contributed by atoms with Crippen molar-refractivity contribution in [3.05, 3.63) is 113 Å². The normalized spacial score (nSPS) is 32.2. The summed E-state index contributed by atoms with van der Waals surface area (Å²) in [5.41, 5.74) is 7.36. The first-order chi connectivity index (χ1) is 18.3. The van der Waals surface area contributed by atoms with Gasteiger partial charge in [0.1, 0.15) is 0 Å². The molecule has 0 aliphatic heterocycles. The highest BCUT2D eigenvalue weighted by Gasteiger charge is 2.83. The SMILES string of the molecule is C[Si](C)(C)C1=C(c2ccccc2)[C@H]1[C@@]1([Si](C)(C)C)[C@H]([C@@H]2[C@@H](c3ccccc3)[C@H]2[Si](C)(C)C)[C@@H]1c1ccccc1. The molecule has 204 valence electrons. The van der Waals surface area contributed by atoms with E-state index in [1.807, 2.05) is 5.20 Å². The number of rotatable bonds is 8. The molecule has 7 atom stereocenters. The second-order valence-corrected chi connectivity index (χ2v) is 31.7. The summed E-state index contributed by atoms with van der Waals surface area (Å²) in [5, 5.41) is 2.29. The zero-order chi connectivity index (χ0) is 28.0. The summed E-state index contributed by atoms with van der Waals surface area (Å²) in [4.78, 5) is 0. The zero-order valence-electron chi connectivity index (χ0n) is 25.6. The van der Waals surface area contributed by atoms with Crippen LogP contribution in [0.4, 0.5) is 0 Å². The molecule has 0 heterocycles. The summed E-state index contributed by atoms with van der Waals surface area (Å²) >= 11 is 0. The van der Waals surface area contributed by atoms with Crippen molar-refractivity contribution in [1.29, 1.82) is 0 Å². The zero-order valence-corrected chi connectivity index (χ0v) is 28.6. The molecule has 0 aromatic heterocycles. The van der Waals surface area contributed by atoms with Gasteiger partial charge in [0.2, 0.25) is 0 Å². The van der Waals surface area contributed by atoms with E-state index in [9.17, 15) is 0 Å². The Bertz CT molecular complexity index is 1370. The molecule has 0 nitrogen and oxygen atoms in total. The maximum absolute atomic E-state index is 2.72. The Morgan fingerprint density at radius 3 is 1.54 bits per heavy atom. The van der Waals surface area contributed by atoms with Gasteiger partial charge in [-0.05, 0) is 56.5 Å². The van der Waals surface area contributed by atoms with Crippen LogP contribution < -0.4 is 0 Å². The van der Waals surface area contributed by atoms with Crippen LogP contribution in [0, 0.1) is 17.8 Å². The van der Waals surface area contributed by atoms with E-state index in [1.54, 1.807) is 16.7 Å². The molecule has 3 aliphatic carbocycles. The highest BCUT2D eigenvalue weighted by molar-refractivity contribution is 6.87. The Labute approximate surface area is 241 Å². The molecule has 0 saturated heterocycles. The lowest BCUT2D eigenvalue weighted by Crippen LogP contribution is -2.37. The molecule has 3 aromatic rings. The van der Waals surface area contributed by atoms with Gasteiger partial charge in [0.15, 0.2) is 0 Å². The van der Waals surface area contributed by atoms with Crippen LogP contribution in [0.2, 0.25) is 69.5 Å². The molecule has 39 heavy (non-hydrogen) atoms. The van der Waals surface area contributed by atoms with Crippen LogP contribution in [-0.4, -0.2) is 24.2 Å². The van der Waals surface area contributed by atoms with E-state index >= 15 is 0 Å². The van der Waals surface area contributed by atoms with Crippen molar-refractivity contribution in [1.82, 2.24) is 0 Å². The molecule has 0 amide bonds. The van der Waals surface area contributed by atoms with Crippen molar-refractivity contribution < 1.29 is 0 Å². The third kappa shape index (κ3) is 4.26. The van der Waals surface area contributed by atoms with Gasteiger partial charge in [-0.2, -0.15) is 0 Å². The van der Waals surface area contributed by atoms with Crippen LogP contribution in [0.5, 0.6) is 0 Å². The molecule has 2 fully saturated rings. The molecule has 3 aliphatic rings. The lowest BCUT2D eigenvalue weighted by molar-refractivity contribution is 0.586. The predicted octanol–water partition coefficient (Wildman–Crippen LogP) is 10.6. The maximum atomic E-state index is 2.72. The Morgan fingerprint density at radius 2 is 1.08 bits per heavy atom. The highest BCUT2D eigenvalue weighted by atomic mass is 28.3. The van der Waals surface area contributed by atoms with E-state index in [0.29, 0.717) is 16.9 Å². The molecule has 0 bridgehead atoms. The summed E-state index contributed by atoms with van der Waals surface area (Å²) in [6, 6.07) is 34.9. The van der Waals surface area contributed by atoms with Gasteiger partial charge in [-0.1, -0.05) is 155 Å². The van der Waals surface area contributed by atoms with Gasteiger partial charge < -0.3 is 0 Å². The van der Waals surface area contributed by atoms with Gasteiger partial charge in [0.25, 0.3) is 0 Å². The van der Waals surface area contributed by atoms with Gasteiger partial charge in [0.05, 0.1) is 16.1 Å². The number of allylic oxidation sites excluding steroid dienone is 2. The second-order valence-electron chi connectivity index (χ2n) is 15.9. The Balaban J connectivity index is 1.52. The quantitative estimate of drug-likeness (QED) is 0.239. The van der Waals surface area contributed by atoms with E-state index in [-0.39, 0.29) is 0 Å². The van der Waals surface area contributed by atoms with Crippen molar-refractivity contribution in [2.75, 3.05) is 0 Å². The fourth-order valence-electron chi connectivity index (χ4n) is 9.37. The Morgan fingerprint density at radius 1 is 0.590 bits per heavy atom. The fraction of sp³-hybridized carbons (Fsp3) is 0.444. The van der Waals surface area contributed by atoms with Crippen LogP contribution in [0.3, 0.4) is 0 Å². The van der Waals surface area contributed by atoms with Crippen molar-refractivity contribution >= 4 is 29.8 Å². The minimum atomic E-state index is -1.62.